The lowest BCUT2D eigenvalue weighted by Crippen LogP contribution is -2.22. The first kappa shape index (κ1) is 22.1. The highest BCUT2D eigenvalue weighted by molar-refractivity contribution is 7.92. The molecule has 172 valence electrons. The van der Waals surface area contributed by atoms with Crippen LogP contribution in [-0.4, -0.2) is 30.1 Å². The molecule has 0 aliphatic carbocycles. The summed E-state index contributed by atoms with van der Waals surface area (Å²) in [5.41, 5.74) is 1.93. The van der Waals surface area contributed by atoms with Crippen LogP contribution in [0.5, 0.6) is 5.75 Å². The molecule has 0 radical (unpaired) electrons. The number of thiazole rings is 1. The van der Waals surface area contributed by atoms with E-state index in [1.54, 1.807) is 55.5 Å². The molecule has 0 aliphatic heterocycles. The fraction of sp³-hybridized carbons (Fsp3) is 0.125. The number of benzene rings is 3. The van der Waals surface area contributed by atoms with Crippen LogP contribution in [0.15, 0.2) is 70.4 Å². The van der Waals surface area contributed by atoms with E-state index in [0.717, 1.165) is 15.2 Å². The van der Waals surface area contributed by atoms with Gasteiger partial charge in [0.2, 0.25) is 0 Å². The predicted molar refractivity (Wildman–Crippen MR) is 134 cm³/mol. The van der Waals surface area contributed by atoms with E-state index in [1.165, 1.54) is 29.1 Å². The molecule has 0 unspecified atom stereocenters. The van der Waals surface area contributed by atoms with Gasteiger partial charge in [0.25, 0.3) is 15.6 Å². The third-order valence-electron chi connectivity index (χ3n) is 5.41. The Labute approximate surface area is 199 Å². The molecule has 3 aromatic carbocycles. The summed E-state index contributed by atoms with van der Waals surface area (Å²) in [7, 11) is -2.44. The Hall–Kier alpha value is -3.76. The molecule has 0 amide bonds. The van der Waals surface area contributed by atoms with Crippen molar-refractivity contribution in [3.05, 3.63) is 81.8 Å². The van der Waals surface area contributed by atoms with Crippen LogP contribution in [0.2, 0.25) is 0 Å². The molecule has 0 fully saturated rings. The zero-order chi connectivity index (χ0) is 24.0. The van der Waals surface area contributed by atoms with Gasteiger partial charge in [0, 0.05) is 6.07 Å². The summed E-state index contributed by atoms with van der Waals surface area (Å²) in [5, 5.41) is 1.36. The summed E-state index contributed by atoms with van der Waals surface area (Å²) in [6.07, 6.45) is 0. The Balaban J connectivity index is 1.54. The van der Waals surface area contributed by atoms with Crippen LogP contribution in [-0.2, 0) is 10.0 Å². The van der Waals surface area contributed by atoms with Gasteiger partial charge >= 0.3 is 0 Å². The monoisotopic (exact) mass is 492 g/mol. The lowest BCUT2D eigenvalue weighted by atomic mass is 10.2. The molecule has 1 N–H and O–H groups in total. The second kappa shape index (κ2) is 8.23. The van der Waals surface area contributed by atoms with Gasteiger partial charge in [-0.15, -0.1) is 11.3 Å². The molecule has 8 nitrogen and oxygen atoms in total. The van der Waals surface area contributed by atoms with Gasteiger partial charge < -0.3 is 4.74 Å². The highest BCUT2D eigenvalue weighted by Gasteiger charge is 2.19. The zero-order valence-corrected chi connectivity index (χ0v) is 20.2. The van der Waals surface area contributed by atoms with Gasteiger partial charge in [0.1, 0.15) is 11.6 Å². The van der Waals surface area contributed by atoms with E-state index in [-0.39, 0.29) is 21.9 Å². The third kappa shape index (κ3) is 3.80. The molecule has 0 spiro atoms. The minimum atomic E-state index is -3.88. The van der Waals surface area contributed by atoms with Crippen molar-refractivity contribution in [2.24, 2.45) is 0 Å². The molecule has 0 aliphatic rings. The van der Waals surface area contributed by atoms with Crippen molar-refractivity contribution in [3.8, 4) is 11.4 Å². The number of methoxy groups -OCH3 is 1. The number of nitrogens with one attached hydrogen (secondary N) is 1. The predicted octanol–water partition coefficient (Wildman–Crippen LogP) is 4.42. The molecule has 2 aromatic heterocycles. The van der Waals surface area contributed by atoms with E-state index in [2.05, 4.69) is 14.7 Å². The van der Waals surface area contributed by atoms with Crippen molar-refractivity contribution in [1.82, 2.24) is 14.5 Å². The van der Waals surface area contributed by atoms with Crippen LogP contribution >= 0.6 is 11.3 Å². The molecule has 0 saturated heterocycles. The number of rotatable bonds is 5. The maximum atomic E-state index is 13.1. The Morgan fingerprint density at radius 2 is 1.76 bits per heavy atom. The molecule has 0 saturated carbocycles. The first-order chi connectivity index (χ1) is 16.3. The normalized spacial score (nSPS) is 11.7. The summed E-state index contributed by atoms with van der Waals surface area (Å²) in [5.74, 6) is 0.780. The van der Waals surface area contributed by atoms with Gasteiger partial charge in [0.15, 0.2) is 0 Å². The van der Waals surface area contributed by atoms with E-state index in [9.17, 15) is 13.2 Å². The molecule has 2 heterocycles. The topological polar surface area (TPSA) is 103 Å². The second-order valence-electron chi connectivity index (χ2n) is 7.67. The number of sulfonamides is 1. The van der Waals surface area contributed by atoms with Crippen LogP contribution in [0, 0.1) is 13.8 Å². The van der Waals surface area contributed by atoms with Crippen LogP contribution in [0.3, 0.4) is 0 Å². The first-order valence-electron chi connectivity index (χ1n) is 10.3. The van der Waals surface area contributed by atoms with Crippen LogP contribution in [0.4, 0.5) is 5.69 Å². The van der Waals surface area contributed by atoms with Crippen molar-refractivity contribution < 1.29 is 13.2 Å². The first-order valence-corrected chi connectivity index (χ1v) is 12.6. The van der Waals surface area contributed by atoms with Gasteiger partial charge in [-0.2, -0.15) is 0 Å². The number of para-hydroxylation sites is 1. The number of nitrogens with zero attached hydrogens (tertiary/aromatic N) is 3. The maximum absolute atomic E-state index is 13.1. The summed E-state index contributed by atoms with van der Waals surface area (Å²) in [6.45, 7) is 3.62. The van der Waals surface area contributed by atoms with Crippen LogP contribution in [0.25, 0.3) is 26.8 Å². The van der Waals surface area contributed by atoms with Gasteiger partial charge in [0.05, 0.1) is 49.5 Å². The van der Waals surface area contributed by atoms with Crippen molar-refractivity contribution in [2.75, 3.05) is 11.8 Å². The van der Waals surface area contributed by atoms with Crippen LogP contribution < -0.4 is 15.0 Å². The second-order valence-corrected chi connectivity index (χ2v) is 10.6. The third-order valence-corrected chi connectivity index (χ3v) is 7.70. The highest BCUT2D eigenvalue weighted by atomic mass is 32.2. The molecular weight excluding hydrogens is 472 g/mol. The van der Waals surface area contributed by atoms with E-state index in [4.69, 9.17) is 4.74 Å². The Morgan fingerprint density at radius 1 is 0.971 bits per heavy atom. The summed E-state index contributed by atoms with van der Waals surface area (Å²) < 4.78 is 36.5. The molecule has 0 bridgehead atoms. The van der Waals surface area contributed by atoms with Gasteiger partial charge in [-0.05, 0) is 56.3 Å². The number of fused-ring (bicyclic) bond motifs is 2. The molecule has 10 heteroatoms. The molecule has 5 aromatic rings. The standard InChI is InChI=1S/C24H20N4O4S2/c1-14-25-19-7-5-4-6-18(19)24(29)28(14)16-8-10-20(22(12-16)32-3)27-34(30,31)17-9-11-21-23(13-17)33-15(2)26-21/h4-13,27H,1-3H3. The summed E-state index contributed by atoms with van der Waals surface area (Å²) in [6, 6.07) is 16.8. The average molecular weight is 493 g/mol. The number of aromatic nitrogens is 3. The lowest BCUT2D eigenvalue weighted by Gasteiger charge is -2.15. The van der Waals surface area contributed by atoms with Crippen LogP contribution in [0.1, 0.15) is 10.8 Å². The smallest absolute Gasteiger partial charge is 0.265 e. The van der Waals surface area contributed by atoms with E-state index in [0.29, 0.717) is 22.4 Å². The lowest BCUT2D eigenvalue weighted by molar-refractivity contribution is 0.416. The Kier molecular flexibility index (Phi) is 5.34. The van der Waals surface area contributed by atoms with E-state index < -0.39 is 10.0 Å². The van der Waals surface area contributed by atoms with E-state index >= 15 is 0 Å². The summed E-state index contributed by atoms with van der Waals surface area (Å²) in [4.78, 5) is 22.1. The van der Waals surface area contributed by atoms with Gasteiger partial charge in [-0.1, -0.05) is 12.1 Å². The zero-order valence-electron chi connectivity index (χ0n) is 18.6. The SMILES string of the molecule is COc1cc(-n2c(C)nc3ccccc3c2=O)ccc1NS(=O)(=O)c1ccc2nc(C)sc2c1. The van der Waals surface area contributed by atoms with Crippen molar-refractivity contribution in [1.29, 1.82) is 0 Å². The molecule has 34 heavy (non-hydrogen) atoms. The average Bonchev–Trinajstić information content (AvgIpc) is 3.19. The maximum Gasteiger partial charge on any atom is 0.265 e. The fourth-order valence-electron chi connectivity index (χ4n) is 3.84. The largest absolute Gasteiger partial charge is 0.494 e. The van der Waals surface area contributed by atoms with Crippen molar-refractivity contribution >= 4 is 48.2 Å². The minimum absolute atomic E-state index is 0.126. The van der Waals surface area contributed by atoms with E-state index in [1.807, 2.05) is 13.0 Å². The Bertz CT molecular complexity index is 1740. The highest BCUT2D eigenvalue weighted by Crippen LogP contribution is 2.31. The molecule has 5 rings (SSSR count). The number of aryl methyl sites for hydroxylation is 2. The Morgan fingerprint density at radius 3 is 2.56 bits per heavy atom. The molecular formula is C24H20N4O4S2. The number of ether oxygens (including phenoxy) is 1. The number of hydrogen-bond donors (Lipinski definition) is 1. The number of hydrogen-bond acceptors (Lipinski definition) is 7. The summed E-state index contributed by atoms with van der Waals surface area (Å²) >= 11 is 1.43. The van der Waals surface area contributed by atoms with Gasteiger partial charge in [-0.25, -0.2) is 18.4 Å². The van der Waals surface area contributed by atoms with Crippen molar-refractivity contribution in [3.63, 3.8) is 0 Å². The quantitative estimate of drug-likeness (QED) is 0.390. The minimum Gasteiger partial charge on any atom is -0.494 e. The molecule has 0 atom stereocenters. The van der Waals surface area contributed by atoms with Crippen molar-refractivity contribution in [2.45, 2.75) is 18.7 Å². The van der Waals surface area contributed by atoms with Gasteiger partial charge in [-0.3, -0.25) is 14.1 Å². The fourth-order valence-corrected chi connectivity index (χ4v) is 5.88. The number of anilines is 1.